The van der Waals surface area contributed by atoms with E-state index in [2.05, 4.69) is 49.5 Å². The average Bonchev–Trinajstić information content (AvgIpc) is 2.62. The first-order valence-electron chi connectivity index (χ1n) is 4.03. The topological polar surface area (TPSA) is 21.9 Å². The quantitative estimate of drug-likeness (QED) is 0.604. The molecule has 0 aromatic heterocycles. The minimum atomic E-state index is 0.321. The van der Waals surface area contributed by atoms with Crippen LogP contribution in [0.1, 0.15) is 25.5 Å². The van der Waals surface area contributed by atoms with Crippen molar-refractivity contribution < 1.29 is 0 Å². The van der Waals surface area contributed by atoms with Gasteiger partial charge >= 0.3 is 0 Å². The molecule has 1 aliphatic heterocycles. The van der Waals surface area contributed by atoms with Crippen molar-refractivity contribution >= 4 is 0 Å². The van der Waals surface area contributed by atoms with Crippen molar-refractivity contribution in [1.82, 2.24) is 5.32 Å². The number of rotatable bonds is 1. The predicted octanol–water partition coefficient (Wildman–Crippen LogP) is 2.11. The summed E-state index contributed by atoms with van der Waals surface area (Å²) in [5.74, 6) is 0. The Bertz CT molecular complexity index is 251. The molecule has 1 N–H and O–H groups in total. The summed E-state index contributed by atoms with van der Waals surface area (Å²) < 4.78 is 0. The maximum absolute atomic E-state index is 3.42. The van der Waals surface area contributed by atoms with E-state index in [0.717, 1.165) is 0 Å². The van der Waals surface area contributed by atoms with Gasteiger partial charge in [-0.1, -0.05) is 30.3 Å². The van der Waals surface area contributed by atoms with E-state index in [9.17, 15) is 0 Å². The molecule has 1 aromatic rings. The van der Waals surface area contributed by atoms with Gasteiger partial charge in [-0.15, -0.1) is 0 Å². The SMILES string of the molecule is CC1(C)N[C@H]1c1ccccc1. The second-order valence-corrected chi connectivity index (χ2v) is 3.71. The van der Waals surface area contributed by atoms with Crippen LogP contribution in [0.15, 0.2) is 30.3 Å². The summed E-state index contributed by atoms with van der Waals surface area (Å²) in [6.45, 7) is 4.45. The van der Waals surface area contributed by atoms with E-state index >= 15 is 0 Å². The maximum atomic E-state index is 3.42. The van der Waals surface area contributed by atoms with Gasteiger partial charge in [0.05, 0.1) is 6.04 Å². The Labute approximate surface area is 67.4 Å². The van der Waals surface area contributed by atoms with Gasteiger partial charge in [0.1, 0.15) is 0 Å². The molecule has 0 saturated carbocycles. The molecule has 1 atom stereocenters. The zero-order valence-electron chi connectivity index (χ0n) is 6.96. The Balaban J connectivity index is 2.21. The highest BCUT2D eigenvalue weighted by Crippen LogP contribution is 2.39. The van der Waals surface area contributed by atoms with Crippen molar-refractivity contribution in [2.45, 2.75) is 25.4 Å². The average molecular weight is 147 g/mol. The molecular weight excluding hydrogens is 134 g/mol. The second kappa shape index (κ2) is 2.08. The first-order valence-corrected chi connectivity index (χ1v) is 4.03. The fraction of sp³-hybridized carbons (Fsp3) is 0.400. The third kappa shape index (κ3) is 1.16. The first-order chi connectivity index (χ1) is 5.20. The van der Waals surface area contributed by atoms with Crippen LogP contribution in [0.3, 0.4) is 0 Å². The molecule has 1 nitrogen and oxygen atoms in total. The molecule has 0 spiro atoms. The lowest BCUT2D eigenvalue weighted by Crippen LogP contribution is -2.00. The van der Waals surface area contributed by atoms with Gasteiger partial charge in [0.2, 0.25) is 0 Å². The van der Waals surface area contributed by atoms with Crippen LogP contribution >= 0.6 is 0 Å². The summed E-state index contributed by atoms with van der Waals surface area (Å²) in [5.41, 5.74) is 1.72. The summed E-state index contributed by atoms with van der Waals surface area (Å²) in [5, 5.41) is 3.42. The van der Waals surface area contributed by atoms with Crippen LogP contribution < -0.4 is 5.32 Å². The minimum Gasteiger partial charge on any atom is -0.301 e. The van der Waals surface area contributed by atoms with Gasteiger partial charge in [0, 0.05) is 5.54 Å². The summed E-state index contributed by atoms with van der Waals surface area (Å²) in [7, 11) is 0. The molecule has 1 heterocycles. The monoisotopic (exact) mass is 147 g/mol. The Morgan fingerprint density at radius 1 is 1.18 bits per heavy atom. The molecule has 1 aliphatic rings. The molecule has 1 aromatic carbocycles. The van der Waals surface area contributed by atoms with E-state index in [1.54, 1.807) is 0 Å². The van der Waals surface area contributed by atoms with Crippen LogP contribution in [-0.4, -0.2) is 5.54 Å². The molecule has 0 aliphatic carbocycles. The molecule has 1 heteroatoms. The summed E-state index contributed by atoms with van der Waals surface area (Å²) in [6, 6.07) is 11.2. The lowest BCUT2D eigenvalue weighted by molar-refractivity contribution is 0.754. The van der Waals surface area contributed by atoms with Crippen molar-refractivity contribution in [2.75, 3.05) is 0 Å². The molecule has 0 bridgehead atoms. The Hall–Kier alpha value is -0.820. The van der Waals surface area contributed by atoms with Crippen molar-refractivity contribution in [2.24, 2.45) is 0 Å². The van der Waals surface area contributed by atoms with Gasteiger partial charge in [-0.3, -0.25) is 0 Å². The van der Waals surface area contributed by atoms with E-state index < -0.39 is 0 Å². The number of hydrogen-bond acceptors (Lipinski definition) is 1. The number of nitrogens with one attached hydrogen (secondary N) is 1. The molecule has 0 amide bonds. The Kier molecular flexibility index (Phi) is 1.30. The second-order valence-electron chi connectivity index (χ2n) is 3.71. The summed E-state index contributed by atoms with van der Waals surface area (Å²) in [4.78, 5) is 0. The fourth-order valence-electron chi connectivity index (χ4n) is 1.48. The zero-order valence-corrected chi connectivity index (χ0v) is 6.96. The smallest absolute Gasteiger partial charge is 0.0504 e. The van der Waals surface area contributed by atoms with E-state index in [0.29, 0.717) is 11.6 Å². The highest BCUT2D eigenvalue weighted by atomic mass is 15.2. The molecular formula is C10H13N. The molecule has 1 fully saturated rings. The van der Waals surface area contributed by atoms with Crippen LogP contribution in [0.2, 0.25) is 0 Å². The molecule has 1 saturated heterocycles. The van der Waals surface area contributed by atoms with E-state index in [1.807, 2.05) is 0 Å². The van der Waals surface area contributed by atoms with Crippen molar-refractivity contribution in [3.05, 3.63) is 35.9 Å². The lowest BCUT2D eigenvalue weighted by atomic mass is 10.0. The van der Waals surface area contributed by atoms with Crippen LogP contribution in [-0.2, 0) is 0 Å². The molecule has 0 unspecified atom stereocenters. The number of benzene rings is 1. The number of hydrogen-bond donors (Lipinski definition) is 1. The van der Waals surface area contributed by atoms with Crippen LogP contribution in [0.5, 0.6) is 0 Å². The van der Waals surface area contributed by atoms with Gasteiger partial charge in [-0.25, -0.2) is 0 Å². The van der Waals surface area contributed by atoms with E-state index in [4.69, 9.17) is 0 Å². The summed E-state index contributed by atoms with van der Waals surface area (Å²) in [6.07, 6.45) is 0. The van der Waals surface area contributed by atoms with Gasteiger partial charge in [-0.2, -0.15) is 0 Å². The standard InChI is InChI=1S/C10H13N/c1-10(2)9(11-10)8-6-4-3-5-7-8/h3-7,9,11H,1-2H3/t9-/m0/s1. The Morgan fingerprint density at radius 3 is 2.18 bits per heavy atom. The van der Waals surface area contributed by atoms with Gasteiger partial charge < -0.3 is 5.32 Å². The highest BCUT2D eigenvalue weighted by Gasteiger charge is 2.45. The van der Waals surface area contributed by atoms with Gasteiger partial charge in [0.15, 0.2) is 0 Å². The van der Waals surface area contributed by atoms with Crippen LogP contribution in [0, 0.1) is 0 Å². The minimum absolute atomic E-state index is 0.321. The first kappa shape index (κ1) is 6.86. The third-order valence-electron chi connectivity index (χ3n) is 2.29. The van der Waals surface area contributed by atoms with Crippen molar-refractivity contribution in [3.63, 3.8) is 0 Å². The largest absolute Gasteiger partial charge is 0.301 e. The molecule has 58 valence electrons. The molecule has 0 radical (unpaired) electrons. The molecule has 11 heavy (non-hydrogen) atoms. The third-order valence-corrected chi connectivity index (χ3v) is 2.29. The van der Waals surface area contributed by atoms with E-state index in [-0.39, 0.29) is 0 Å². The Morgan fingerprint density at radius 2 is 1.73 bits per heavy atom. The lowest BCUT2D eigenvalue weighted by Gasteiger charge is -1.98. The fourth-order valence-corrected chi connectivity index (χ4v) is 1.48. The predicted molar refractivity (Wildman–Crippen MR) is 46.4 cm³/mol. The molecule has 2 rings (SSSR count). The maximum Gasteiger partial charge on any atom is 0.0504 e. The summed E-state index contributed by atoms with van der Waals surface area (Å²) >= 11 is 0. The zero-order chi connectivity index (χ0) is 7.90. The van der Waals surface area contributed by atoms with Gasteiger partial charge in [-0.05, 0) is 19.4 Å². The van der Waals surface area contributed by atoms with Crippen molar-refractivity contribution in [3.8, 4) is 0 Å². The van der Waals surface area contributed by atoms with Crippen molar-refractivity contribution in [1.29, 1.82) is 0 Å². The van der Waals surface area contributed by atoms with E-state index in [1.165, 1.54) is 5.56 Å². The van der Waals surface area contributed by atoms with Crippen LogP contribution in [0.4, 0.5) is 0 Å². The van der Waals surface area contributed by atoms with Crippen LogP contribution in [0.25, 0.3) is 0 Å². The normalized spacial score (nSPS) is 26.5. The van der Waals surface area contributed by atoms with Gasteiger partial charge in [0.25, 0.3) is 0 Å². The highest BCUT2D eigenvalue weighted by molar-refractivity contribution is 5.29.